The Hall–Kier alpha value is -2.56. The number of aromatic amines is 1. The molecule has 2 heterocycles. The Labute approximate surface area is 191 Å². The van der Waals surface area contributed by atoms with Gasteiger partial charge in [-0.3, -0.25) is 4.98 Å². The van der Waals surface area contributed by atoms with Crippen LogP contribution in [0.5, 0.6) is 0 Å². The van der Waals surface area contributed by atoms with Gasteiger partial charge in [-0.2, -0.15) is 0 Å². The summed E-state index contributed by atoms with van der Waals surface area (Å²) in [6, 6.07) is 10.6. The van der Waals surface area contributed by atoms with Crippen LogP contribution in [0, 0.1) is 5.82 Å². The van der Waals surface area contributed by atoms with Gasteiger partial charge in [-0.1, -0.05) is 6.07 Å². The lowest BCUT2D eigenvalue weighted by atomic mass is 10.1. The summed E-state index contributed by atoms with van der Waals surface area (Å²) in [7, 11) is -3.70. The zero-order valence-corrected chi connectivity index (χ0v) is 18.9. The Morgan fingerprint density at radius 3 is 2.75 bits per heavy atom. The maximum Gasteiger partial charge on any atom is 0.240 e. The van der Waals surface area contributed by atoms with Gasteiger partial charge in [0.05, 0.1) is 11.0 Å². The summed E-state index contributed by atoms with van der Waals surface area (Å²) in [5.74, 6) is -0.374. The Morgan fingerprint density at radius 2 is 1.94 bits per heavy atom. The van der Waals surface area contributed by atoms with Gasteiger partial charge < -0.3 is 15.4 Å². The molecular formula is C22H24ClFN4O3S. The maximum atomic E-state index is 13.5. The zero-order valence-electron chi connectivity index (χ0n) is 17.2. The molecule has 4 aromatic rings. The van der Waals surface area contributed by atoms with Crippen molar-refractivity contribution >= 4 is 44.1 Å². The van der Waals surface area contributed by atoms with Gasteiger partial charge in [-0.15, -0.1) is 12.4 Å². The van der Waals surface area contributed by atoms with Crippen LogP contribution in [0.4, 0.5) is 4.39 Å². The molecule has 0 bridgehead atoms. The number of nitrogens with zero attached hydrogens (tertiary/aromatic N) is 1. The van der Waals surface area contributed by atoms with E-state index < -0.39 is 22.2 Å². The number of pyridine rings is 1. The van der Waals surface area contributed by atoms with Crippen molar-refractivity contribution in [1.82, 2.24) is 20.0 Å². The molecule has 0 saturated heterocycles. The van der Waals surface area contributed by atoms with Crippen LogP contribution in [0.1, 0.15) is 18.6 Å². The van der Waals surface area contributed by atoms with Gasteiger partial charge in [0.1, 0.15) is 5.82 Å². The number of benzene rings is 2. The summed E-state index contributed by atoms with van der Waals surface area (Å²) in [6.07, 6.45) is 4.08. The van der Waals surface area contributed by atoms with E-state index in [1.807, 2.05) is 0 Å². The number of rotatable bonds is 8. The molecule has 32 heavy (non-hydrogen) atoms. The summed E-state index contributed by atoms with van der Waals surface area (Å²) >= 11 is 0. The van der Waals surface area contributed by atoms with E-state index in [9.17, 15) is 17.9 Å². The number of aliphatic hydroxyl groups excluding tert-OH is 1. The number of nitrogens with one attached hydrogen (secondary N) is 3. The third-order valence-corrected chi connectivity index (χ3v) is 6.69. The van der Waals surface area contributed by atoms with Gasteiger partial charge in [-0.25, -0.2) is 17.5 Å². The Balaban J connectivity index is 0.00000289. The lowest BCUT2D eigenvalue weighted by Crippen LogP contribution is -2.40. The topological polar surface area (TPSA) is 107 Å². The first-order valence-electron chi connectivity index (χ1n) is 9.85. The molecule has 0 spiro atoms. The Bertz CT molecular complexity index is 1330. The number of hydrogen-bond donors (Lipinski definition) is 4. The van der Waals surface area contributed by atoms with Gasteiger partial charge >= 0.3 is 0 Å². The molecule has 4 rings (SSSR count). The van der Waals surface area contributed by atoms with E-state index in [0.29, 0.717) is 17.5 Å². The average molecular weight is 479 g/mol. The van der Waals surface area contributed by atoms with E-state index in [2.05, 4.69) is 20.0 Å². The van der Waals surface area contributed by atoms with Crippen molar-refractivity contribution in [1.29, 1.82) is 0 Å². The van der Waals surface area contributed by atoms with E-state index >= 15 is 0 Å². The number of halogens is 2. The Morgan fingerprint density at radius 1 is 1.12 bits per heavy atom. The van der Waals surface area contributed by atoms with Crippen molar-refractivity contribution in [3.63, 3.8) is 0 Å². The van der Waals surface area contributed by atoms with Gasteiger partial charge in [0.2, 0.25) is 10.0 Å². The van der Waals surface area contributed by atoms with Crippen LogP contribution in [-0.2, 0) is 10.0 Å². The second-order valence-electron chi connectivity index (χ2n) is 7.51. The quantitative estimate of drug-likeness (QED) is 0.311. The number of sulfonamides is 1. The molecule has 170 valence electrons. The van der Waals surface area contributed by atoms with Crippen molar-refractivity contribution in [2.75, 3.05) is 13.1 Å². The van der Waals surface area contributed by atoms with Crippen LogP contribution in [-0.4, -0.2) is 42.6 Å². The summed E-state index contributed by atoms with van der Waals surface area (Å²) in [6.45, 7) is 2.24. The molecule has 0 aliphatic rings. The smallest absolute Gasteiger partial charge is 0.240 e. The molecule has 0 radical (unpaired) electrons. The molecule has 1 unspecified atom stereocenters. The molecule has 0 aliphatic carbocycles. The lowest BCUT2D eigenvalue weighted by molar-refractivity contribution is 0.175. The molecule has 0 aliphatic heterocycles. The normalized spacial score (nSPS) is 13.7. The fraction of sp³-hybridized carbons (Fsp3) is 0.227. The number of H-pyrrole nitrogens is 1. The summed E-state index contributed by atoms with van der Waals surface area (Å²) in [4.78, 5) is 7.21. The summed E-state index contributed by atoms with van der Waals surface area (Å²) in [5, 5.41) is 15.8. The lowest BCUT2D eigenvalue weighted by Gasteiger charge is -2.17. The van der Waals surface area contributed by atoms with E-state index in [0.717, 1.165) is 16.3 Å². The predicted molar refractivity (Wildman–Crippen MR) is 125 cm³/mol. The molecule has 7 nitrogen and oxygen atoms in total. The molecule has 0 amide bonds. The third-order valence-electron chi connectivity index (χ3n) is 5.10. The van der Waals surface area contributed by atoms with Crippen molar-refractivity contribution < 1.29 is 17.9 Å². The molecule has 10 heteroatoms. The molecule has 0 saturated carbocycles. The van der Waals surface area contributed by atoms with Crippen LogP contribution < -0.4 is 10.0 Å². The number of hydrogen-bond acceptors (Lipinski definition) is 5. The maximum absolute atomic E-state index is 13.5. The zero-order chi connectivity index (χ0) is 22.0. The molecule has 2 aromatic heterocycles. The Kier molecular flexibility index (Phi) is 7.47. The van der Waals surface area contributed by atoms with Crippen LogP contribution in [0.3, 0.4) is 0 Å². The van der Waals surface area contributed by atoms with Crippen molar-refractivity contribution in [3.8, 4) is 0 Å². The van der Waals surface area contributed by atoms with Gasteiger partial charge in [0.25, 0.3) is 0 Å². The van der Waals surface area contributed by atoms with Crippen LogP contribution in [0.25, 0.3) is 21.7 Å². The van der Waals surface area contributed by atoms with Crippen molar-refractivity contribution in [2.45, 2.75) is 24.0 Å². The minimum Gasteiger partial charge on any atom is -0.387 e. The molecular weight excluding hydrogens is 455 g/mol. The largest absolute Gasteiger partial charge is 0.387 e. The first-order chi connectivity index (χ1) is 14.8. The molecule has 4 N–H and O–H groups in total. The van der Waals surface area contributed by atoms with E-state index in [-0.39, 0.29) is 29.7 Å². The van der Waals surface area contributed by atoms with Crippen molar-refractivity contribution in [2.24, 2.45) is 0 Å². The second-order valence-corrected chi connectivity index (χ2v) is 9.23. The van der Waals surface area contributed by atoms with Crippen LogP contribution in [0.15, 0.2) is 66.0 Å². The average Bonchev–Trinajstić information content (AvgIpc) is 3.16. The highest BCUT2D eigenvalue weighted by Gasteiger charge is 2.19. The highest BCUT2D eigenvalue weighted by Crippen LogP contribution is 2.24. The van der Waals surface area contributed by atoms with Gasteiger partial charge in [-0.05, 0) is 48.7 Å². The molecule has 0 fully saturated rings. The summed E-state index contributed by atoms with van der Waals surface area (Å²) in [5.41, 5.74) is 1.32. The van der Waals surface area contributed by atoms with Crippen LogP contribution >= 0.6 is 12.4 Å². The highest BCUT2D eigenvalue weighted by molar-refractivity contribution is 7.89. The summed E-state index contributed by atoms with van der Waals surface area (Å²) < 4.78 is 41.6. The SMILES string of the molecule is C[C@H](CNCC(O)c1c[nH]c2ccc(F)cc12)NS(=O)(=O)c1ccc2cnccc2c1.Cl. The number of aromatic nitrogens is 2. The fourth-order valence-electron chi connectivity index (χ4n) is 3.54. The molecule has 2 atom stereocenters. The number of fused-ring (bicyclic) bond motifs is 2. The highest BCUT2D eigenvalue weighted by atomic mass is 35.5. The first kappa shape index (κ1) is 24.1. The van der Waals surface area contributed by atoms with E-state index in [1.54, 1.807) is 55.8 Å². The van der Waals surface area contributed by atoms with Gasteiger partial charge in [0.15, 0.2) is 0 Å². The molecule has 2 aromatic carbocycles. The minimum absolute atomic E-state index is 0. The van der Waals surface area contributed by atoms with E-state index in [1.165, 1.54) is 12.1 Å². The first-order valence-corrected chi connectivity index (χ1v) is 11.3. The minimum atomic E-state index is -3.70. The van der Waals surface area contributed by atoms with E-state index in [4.69, 9.17) is 0 Å². The fourth-order valence-corrected chi connectivity index (χ4v) is 4.82. The van der Waals surface area contributed by atoms with Crippen molar-refractivity contribution in [3.05, 3.63) is 72.4 Å². The second kappa shape index (κ2) is 9.93. The third kappa shape index (κ3) is 5.25. The van der Waals surface area contributed by atoms with Crippen LogP contribution in [0.2, 0.25) is 0 Å². The standard InChI is InChI=1S/C22H23FN4O3S.ClH/c1-14(27-31(29,30)18-4-2-16-11-24-7-6-15(16)8-18)10-25-13-22(28)20-12-26-21-5-3-17(23)9-19(20)21;/h2-9,11-12,14,22,25-28H,10,13H2,1H3;1H/t14-,22?;/m1./s1. The van der Waals surface area contributed by atoms with Gasteiger partial charge in [0, 0.05) is 59.6 Å². The number of aliphatic hydroxyl groups is 1. The monoisotopic (exact) mass is 478 g/mol. The predicted octanol–water partition coefficient (Wildman–Crippen LogP) is 3.27.